The third kappa shape index (κ3) is 2.69. The van der Waals surface area contributed by atoms with E-state index >= 15 is 0 Å². The van der Waals surface area contributed by atoms with E-state index in [2.05, 4.69) is 5.32 Å². The number of nitrogens with one attached hydrogen (secondary N) is 1. The summed E-state index contributed by atoms with van der Waals surface area (Å²) in [5.41, 5.74) is 0.926. The molecule has 1 atom stereocenters. The number of aliphatic hydroxyl groups excluding tert-OH is 1. The number of nitrogens with zero attached hydrogens (tertiary/aromatic N) is 2. The highest BCUT2D eigenvalue weighted by molar-refractivity contribution is 6.00. The Morgan fingerprint density at radius 1 is 1.60 bits per heavy atom. The number of carbonyl (C=O) groups is 1. The van der Waals surface area contributed by atoms with Crippen LogP contribution in [0.25, 0.3) is 0 Å². The quantitative estimate of drug-likeness (QED) is 0.712. The van der Waals surface area contributed by atoms with E-state index in [9.17, 15) is 15.1 Å². The molecule has 0 saturated carbocycles. The average Bonchev–Trinajstić information content (AvgIpc) is 2.94. The van der Waals surface area contributed by atoms with Crippen LogP contribution in [0.1, 0.15) is 23.2 Å². The van der Waals surface area contributed by atoms with E-state index < -0.39 is 0 Å². The second kappa shape index (κ2) is 6.08. The molecule has 1 aliphatic rings. The topological polar surface area (TPSA) is 99.1 Å². The maximum Gasteiger partial charge on any atom is 0.256 e. The first-order valence-electron chi connectivity index (χ1n) is 6.48. The zero-order valence-electron chi connectivity index (χ0n) is 11.2. The van der Waals surface area contributed by atoms with Crippen LogP contribution in [0, 0.1) is 5.21 Å². The summed E-state index contributed by atoms with van der Waals surface area (Å²) in [5.74, 6) is -0.187. The lowest BCUT2D eigenvalue weighted by atomic mass is 10.1. The average molecular weight is 280 g/mol. The number of hydrogen-bond acceptors (Lipinski definition) is 6. The number of rotatable bonds is 4. The second-order valence-corrected chi connectivity index (χ2v) is 4.73. The minimum absolute atomic E-state index is 0.0473. The number of aliphatic hydroxyl groups is 1. The summed E-state index contributed by atoms with van der Waals surface area (Å²) in [6.45, 7) is 0.562. The van der Waals surface area contributed by atoms with Crippen LogP contribution in [0.15, 0.2) is 18.2 Å². The van der Waals surface area contributed by atoms with Gasteiger partial charge >= 0.3 is 0 Å². The highest BCUT2D eigenvalue weighted by atomic mass is 16.8. The number of amides is 1. The first-order valence-corrected chi connectivity index (χ1v) is 6.48. The van der Waals surface area contributed by atoms with E-state index in [0.717, 1.165) is 12.8 Å². The molecule has 1 aromatic carbocycles. The van der Waals surface area contributed by atoms with Crippen LogP contribution >= 0.6 is 0 Å². The number of hydrogen-bond donors (Lipinski definition) is 3. The molecule has 1 saturated heterocycles. The molecule has 0 spiro atoms. The van der Waals surface area contributed by atoms with Crippen molar-refractivity contribution in [2.24, 2.45) is 0 Å². The maximum atomic E-state index is 12.5. The molecule has 0 aliphatic carbocycles. The molecule has 1 amide bonds. The lowest BCUT2D eigenvalue weighted by Crippen LogP contribution is -2.37. The van der Waals surface area contributed by atoms with Gasteiger partial charge in [0.1, 0.15) is 0 Å². The molecule has 20 heavy (non-hydrogen) atoms. The highest BCUT2D eigenvalue weighted by Crippen LogP contribution is 2.26. The van der Waals surface area contributed by atoms with Gasteiger partial charge in [-0.2, -0.15) is 0 Å². The number of anilines is 2. The molecule has 2 rings (SSSR count). The largest absolute Gasteiger partial charge is 0.733 e. The van der Waals surface area contributed by atoms with Crippen LogP contribution < -0.4 is 10.5 Å². The van der Waals surface area contributed by atoms with Gasteiger partial charge in [-0.05, 0) is 31.0 Å². The third-order valence-electron chi connectivity index (χ3n) is 3.57. The molecule has 7 heteroatoms. The third-order valence-corrected chi connectivity index (χ3v) is 3.57. The van der Waals surface area contributed by atoms with Crippen molar-refractivity contribution in [3.05, 3.63) is 29.0 Å². The summed E-state index contributed by atoms with van der Waals surface area (Å²) in [6, 6.07) is 4.13. The first-order chi connectivity index (χ1) is 9.58. The van der Waals surface area contributed by atoms with Crippen LogP contribution in [0.4, 0.5) is 11.4 Å². The van der Waals surface area contributed by atoms with Gasteiger partial charge in [-0.15, -0.1) is 0 Å². The zero-order chi connectivity index (χ0) is 14.7. The van der Waals surface area contributed by atoms with Gasteiger partial charge in [0.25, 0.3) is 5.91 Å². The fraction of sp³-hybridized carbons (Fsp3) is 0.462. The van der Waals surface area contributed by atoms with E-state index in [0.29, 0.717) is 17.8 Å². The van der Waals surface area contributed by atoms with E-state index in [1.54, 1.807) is 11.9 Å². The van der Waals surface area contributed by atoms with Crippen molar-refractivity contribution in [2.75, 3.05) is 30.7 Å². The smallest absolute Gasteiger partial charge is 0.256 e. The van der Waals surface area contributed by atoms with Crippen LogP contribution in [0.2, 0.25) is 0 Å². The normalized spacial score (nSPS) is 18.2. The van der Waals surface area contributed by atoms with Crippen molar-refractivity contribution < 1.29 is 15.1 Å². The van der Waals surface area contributed by atoms with Crippen molar-refractivity contribution in [1.29, 1.82) is 0 Å². The fourth-order valence-corrected chi connectivity index (χ4v) is 2.49. The Balaban J connectivity index is 2.29. The molecule has 0 bridgehead atoms. The lowest BCUT2D eigenvalue weighted by molar-refractivity contribution is 0.0678. The van der Waals surface area contributed by atoms with E-state index in [1.807, 2.05) is 0 Å². The molecule has 0 radical (unpaired) electrons. The van der Waals surface area contributed by atoms with Gasteiger partial charge < -0.3 is 25.8 Å². The van der Waals surface area contributed by atoms with Gasteiger partial charge in [-0.3, -0.25) is 10.0 Å². The van der Waals surface area contributed by atoms with E-state index in [1.165, 1.54) is 18.2 Å². The zero-order valence-corrected chi connectivity index (χ0v) is 11.2. The van der Waals surface area contributed by atoms with Crippen LogP contribution in [0.3, 0.4) is 0 Å². The number of carbonyl (C=O) groups excluding carboxylic acids is 1. The fourth-order valence-electron chi connectivity index (χ4n) is 2.49. The van der Waals surface area contributed by atoms with Gasteiger partial charge in [0.2, 0.25) is 0 Å². The molecule has 7 nitrogen and oxygen atoms in total. The van der Waals surface area contributed by atoms with E-state index in [4.69, 9.17) is 5.21 Å². The number of benzene rings is 1. The van der Waals surface area contributed by atoms with Gasteiger partial charge in [0.15, 0.2) is 0 Å². The van der Waals surface area contributed by atoms with Crippen molar-refractivity contribution in [3.8, 4) is 0 Å². The molecule has 110 valence electrons. The Morgan fingerprint density at radius 3 is 2.95 bits per heavy atom. The highest BCUT2D eigenvalue weighted by Gasteiger charge is 2.29. The standard InChI is InChI=1S/C13H18N3O4/c1-14-12-7-9(16(19)20)4-5-11(12)13(18)15-6-2-3-10(15)8-17/h4-5,7,10,14,17,19H,2-3,6,8H2,1H3/q-1. The van der Waals surface area contributed by atoms with Crippen molar-refractivity contribution in [3.63, 3.8) is 0 Å². The Bertz CT molecular complexity index is 493. The molecule has 3 N–H and O–H groups in total. The molecule has 1 unspecified atom stereocenters. The minimum Gasteiger partial charge on any atom is -0.733 e. The summed E-state index contributed by atoms with van der Waals surface area (Å²) in [5, 5.41) is 31.6. The number of likely N-dealkylation sites (tertiary alicyclic amines) is 1. The molecular formula is C13H18N3O4-. The minimum atomic E-state index is -0.249. The summed E-state index contributed by atoms with van der Waals surface area (Å²) in [4.78, 5) is 14.1. The molecule has 1 heterocycles. The lowest BCUT2D eigenvalue weighted by Gasteiger charge is -2.26. The summed E-state index contributed by atoms with van der Waals surface area (Å²) < 4.78 is 0. The SMILES string of the molecule is CNc1cc(N([O-])O)ccc1C(=O)N1CCCC1CO. The predicted molar refractivity (Wildman–Crippen MR) is 74.8 cm³/mol. The van der Waals surface area contributed by atoms with Gasteiger partial charge in [-0.1, -0.05) is 0 Å². The van der Waals surface area contributed by atoms with Gasteiger partial charge in [0.05, 0.1) is 23.9 Å². The molecule has 1 fully saturated rings. The predicted octanol–water partition coefficient (Wildman–Crippen LogP) is 1.02. The monoisotopic (exact) mass is 280 g/mol. The maximum absolute atomic E-state index is 12.5. The van der Waals surface area contributed by atoms with Crippen LogP contribution in [0.5, 0.6) is 0 Å². The van der Waals surface area contributed by atoms with Crippen molar-refractivity contribution in [2.45, 2.75) is 18.9 Å². The van der Waals surface area contributed by atoms with E-state index in [-0.39, 0.29) is 29.5 Å². The first kappa shape index (κ1) is 14.6. The summed E-state index contributed by atoms with van der Waals surface area (Å²) in [6.07, 6.45) is 1.66. The summed E-state index contributed by atoms with van der Waals surface area (Å²) in [7, 11) is 1.63. The Hall–Kier alpha value is -1.83. The van der Waals surface area contributed by atoms with Gasteiger partial charge in [0, 0.05) is 19.3 Å². The van der Waals surface area contributed by atoms with Crippen molar-refractivity contribution >= 4 is 17.3 Å². The Kier molecular flexibility index (Phi) is 4.43. The molecule has 0 aromatic heterocycles. The van der Waals surface area contributed by atoms with Crippen LogP contribution in [-0.4, -0.2) is 47.4 Å². The Labute approximate surface area is 117 Å². The van der Waals surface area contributed by atoms with Gasteiger partial charge in [-0.25, -0.2) is 0 Å². The van der Waals surface area contributed by atoms with Crippen molar-refractivity contribution in [1.82, 2.24) is 4.90 Å². The van der Waals surface area contributed by atoms with Crippen LogP contribution in [-0.2, 0) is 0 Å². The second-order valence-electron chi connectivity index (χ2n) is 4.73. The molecule has 1 aliphatic heterocycles. The summed E-state index contributed by atoms with van der Waals surface area (Å²) >= 11 is 0. The Morgan fingerprint density at radius 2 is 2.35 bits per heavy atom. The molecular weight excluding hydrogens is 262 g/mol. The molecule has 1 aromatic rings.